The van der Waals surface area contributed by atoms with Crippen LogP contribution in [-0.4, -0.2) is 44.8 Å². The van der Waals surface area contributed by atoms with E-state index in [1.807, 2.05) is 6.92 Å². The molecule has 8 heteroatoms. The van der Waals surface area contributed by atoms with Crippen molar-refractivity contribution in [3.05, 3.63) is 29.8 Å². The van der Waals surface area contributed by atoms with Gasteiger partial charge < -0.3 is 15.2 Å². The SMILES string of the molecule is CCCOC(=O)[C@@H](NC=O)[C@H](O)c1ccc(S(C)(=O)=O)cc1. The van der Waals surface area contributed by atoms with E-state index in [0.717, 1.165) is 6.26 Å². The number of nitrogens with one attached hydrogen (secondary N) is 1. The van der Waals surface area contributed by atoms with Crippen molar-refractivity contribution in [1.82, 2.24) is 5.32 Å². The quantitative estimate of drug-likeness (QED) is 0.520. The number of amides is 1. The van der Waals surface area contributed by atoms with Crippen molar-refractivity contribution in [3.8, 4) is 0 Å². The molecule has 122 valence electrons. The molecule has 2 atom stereocenters. The Kier molecular flexibility index (Phi) is 6.51. The maximum atomic E-state index is 11.8. The van der Waals surface area contributed by atoms with Crippen LogP contribution in [-0.2, 0) is 24.2 Å². The van der Waals surface area contributed by atoms with Crippen LogP contribution in [0.15, 0.2) is 29.2 Å². The highest BCUT2D eigenvalue weighted by atomic mass is 32.2. The highest BCUT2D eigenvalue weighted by Crippen LogP contribution is 2.20. The van der Waals surface area contributed by atoms with Gasteiger partial charge >= 0.3 is 5.97 Å². The fourth-order valence-electron chi connectivity index (χ4n) is 1.76. The monoisotopic (exact) mass is 329 g/mol. The molecule has 0 aliphatic carbocycles. The normalized spacial score (nSPS) is 14.0. The average Bonchev–Trinajstić information content (AvgIpc) is 2.49. The number of hydrogen-bond acceptors (Lipinski definition) is 6. The first kappa shape index (κ1) is 18.1. The molecule has 0 saturated carbocycles. The molecule has 2 N–H and O–H groups in total. The largest absolute Gasteiger partial charge is 0.464 e. The van der Waals surface area contributed by atoms with E-state index in [1.165, 1.54) is 24.3 Å². The van der Waals surface area contributed by atoms with Crippen LogP contribution >= 0.6 is 0 Å². The van der Waals surface area contributed by atoms with Crippen molar-refractivity contribution < 1.29 is 27.9 Å². The van der Waals surface area contributed by atoms with Gasteiger partial charge in [-0.1, -0.05) is 19.1 Å². The molecule has 1 aromatic carbocycles. The van der Waals surface area contributed by atoms with Crippen LogP contribution in [0.2, 0.25) is 0 Å². The summed E-state index contributed by atoms with van der Waals surface area (Å²) in [6, 6.07) is 4.15. The second-order valence-corrected chi connectivity index (χ2v) is 6.73. The molecule has 0 bridgehead atoms. The van der Waals surface area contributed by atoms with E-state index in [-0.39, 0.29) is 11.5 Å². The van der Waals surface area contributed by atoms with Crippen LogP contribution in [0.1, 0.15) is 25.0 Å². The lowest BCUT2D eigenvalue weighted by molar-refractivity contribution is -0.150. The summed E-state index contributed by atoms with van der Waals surface area (Å²) in [7, 11) is -3.35. The number of carbonyl (C=O) groups excluding carboxylic acids is 2. The topological polar surface area (TPSA) is 110 Å². The Hall–Kier alpha value is -1.93. The molecular weight excluding hydrogens is 310 g/mol. The second kappa shape index (κ2) is 7.90. The second-order valence-electron chi connectivity index (χ2n) is 4.72. The third kappa shape index (κ3) is 4.81. The number of esters is 1. The van der Waals surface area contributed by atoms with Crippen molar-refractivity contribution in [2.45, 2.75) is 30.4 Å². The van der Waals surface area contributed by atoms with Crippen molar-refractivity contribution in [3.63, 3.8) is 0 Å². The molecule has 1 aromatic rings. The lowest BCUT2D eigenvalue weighted by Gasteiger charge is -2.21. The van der Waals surface area contributed by atoms with Crippen LogP contribution in [0.3, 0.4) is 0 Å². The van der Waals surface area contributed by atoms with Crippen molar-refractivity contribution in [2.75, 3.05) is 12.9 Å². The molecule has 0 aromatic heterocycles. The predicted molar refractivity (Wildman–Crippen MR) is 78.7 cm³/mol. The summed E-state index contributed by atoms with van der Waals surface area (Å²) in [5, 5.41) is 12.4. The summed E-state index contributed by atoms with van der Waals surface area (Å²) in [5.74, 6) is -0.756. The zero-order valence-electron chi connectivity index (χ0n) is 12.4. The third-order valence-corrected chi connectivity index (χ3v) is 4.04. The van der Waals surface area contributed by atoms with Gasteiger partial charge in [-0.15, -0.1) is 0 Å². The van der Waals surface area contributed by atoms with E-state index in [9.17, 15) is 23.1 Å². The highest BCUT2D eigenvalue weighted by molar-refractivity contribution is 7.90. The van der Waals surface area contributed by atoms with E-state index in [0.29, 0.717) is 18.4 Å². The van der Waals surface area contributed by atoms with Gasteiger partial charge in [0.25, 0.3) is 0 Å². The first-order valence-corrected chi connectivity index (χ1v) is 8.54. The zero-order valence-corrected chi connectivity index (χ0v) is 13.2. The fourth-order valence-corrected chi connectivity index (χ4v) is 2.39. The van der Waals surface area contributed by atoms with Gasteiger partial charge in [0, 0.05) is 6.26 Å². The van der Waals surface area contributed by atoms with Crippen LogP contribution in [0.5, 0.6) is 0 Å². The van der Waals surface area contributed by atoms with Gasteiger partial charge in [-0.2, -0.15) is 0 Å². The van der Waals surface area contributed by atoms with E-state index in [2.05, 4.69) is 5.32 Å². The molecular formula is C14H19NO6S. The summed E-state index contributed by atoms with van der Waals surface area (Å²) in [6.07, 6.45) is 0.630. The predicted octanol–water partition coefficient (Wildman–Crippen LogP) is 0.191. The number of carbonyl (C=O) groups is 2. The summed E-state index contributed by atoms with van der Waals surface area (Å²) < 4.78 is 27.7. The molecule has 0 radical (unpaired) electrons. The maximum absolute atomic E-state index is 11.8. The number of hydrogen-bond donors (Lipinski definition) is 2. The fraction of sp³-hybridized carbons (Fsp3) is 0.429. The highest BCUT2D eigenvalue weighted by Gasteiger charge is 2.29. The Labute approximate surface area is 129 Å². The van der Waals surface area contributed by atoms with E-state index in [4.69, 9.17) is 4.74 Å². The van der Waals surface area contributed by atoms with Crippen molar-refractivity contribution in [2.24, 2.45) is 0 Å². The zero-order chi connectivity index (χ0) is 16.8. The Morgan fingerprint density at radius 3 is 2.41 bits per heavy atom. The molecule has 1 rings (SSSR count). The Morgan fingerprint density at radius 2 is 1.95 bits per heavy atom. The number of sulfone groups is 1. The van der Waals surface area contributed by atoms with E-state index < -0.39 is 28.0 Å². The number of aliphatic hydroxyl groups is 1. The Balaban J connectivity index is 2.96. The molecule has 7 nitrogen and oxygen atoms in total. The van der Waals surface area contributed by atoms with Gasteiger partial charge in [0.15, 0.2) is 15.9 Å². The number of ether oxygens (including phenoxy) is 1. The van der Waals surface area contributed by atoms with Crippen LogP contribution in [0.4, 0.5) is 0 Å². The van der Waals surface area contributed by atoms with Gasteiger partial charge in [-0.05, 0) is 24.1 Å². The van der Waals surface area contributed by atoms with Crippen LogP contribution in [0.25, 0.3) is 0 Å². The van der Waals surface area contributed by atoms with Gasteiger partial charge in [-0.3, -0.25) is 4.79 Å². The maximum Gasteiger partial charge on any atom is 0.331 e. The first-order valence-electron chi connectivity index (χ1n) is 6.65. The molecule has 0 heterocycles. The number of aliphatic hydroxyl groups excluding tert-OH is 1. The van der Waals surface area contributed by atoms with Crippen molar-refractivity contribution in [1.29, 1.82) is 0 Å². The molecule has 0 spiro atoms. The smallest absolute Gasteiger partial charge is 0.331 e. The summed E-state index contributed by atoms with van der Waals surface area (Å²) in [5.41, 5.74) is 0.292. The Morgan fingerprint density at radius 1 is 1.36 bits per heavy atom. The minimum absolute atomic E-state index is 0.0944. The van der Waals surface area contributed by atoms with E-state index >= 15 is 0 Å². The summed E-state index contributed by atoms with van der Waals surface area (Å²) in [6.45, 7) is 1.99. The third-order valence-electron chi connectivity index (χ3n) is 2.92. The number of rotatable bonds is 8. The summed E-state index contributed by atoms with van der Waals surface area (Å²) in [4.78, 5) is 22.5. The van der Waals surface area contributed by atoms with Gasteiger partial charge in [0.2, 0.25) is 6.41 Å². The molecule has 1 amide bonds. The molecule has 22 heavy (non-hydrogen) atoms. The van der Waals surface area contributed by atoms with Gasteiger partial charge in [0.05, 0.1) is 11.5 Å². The molecule has 0 unspecified atom stereocenters. The van der Waals surface area contributed by atoms with Crippen LogP contribution in [0, 0.1) is 0 Å². The lowest BCUT2D eigenvalue weighted by atomic mass is 10.0. The molecule has 0 fully saturated rings. The standard InChI is InChI=1S/C14H19NO6S/c1-3-8-21-14(18)12(15-9-16)13(17)10-4-6-11(7-5-10)22(2,19)20/h4-7,9,12-13,17H,3,8H2,1-2H3,(H,15,16)/t12-,13+/m0/s1. The summed E-state index contributed by atoms with van der Waals surface area (Å²) >= 11 is 0. The van der Waals surface area contributed by atoms with Gasteiger partial charge in [-0.25, -0.2) is 13.2 Å². The molecule has 0 aliphatic rings. The minimum Gasteiger partial charge on any atom is -0.464 e. The molecule has 0 saturated heterocycles. The Bertz CT molecular complexity index is 611. The number of benzene rings is 1. The average molecular weight is 329 g/mol. The van der Waals surface area contributed by atoms with Crippen LogP contribution < -0.4 is 5.32 Å². The molecule has 0 aliphatic heterocycles. The minimum atomic E-state index is -3.35. The first-order chi connectivity index (χ1) is 10.3. The van der Waals surface area contributed by atoms with Gasteiger partial charge in [0.1, 0.15) is 6.10 Å². The lowest BCUT2D eigenvalue weighted by Crippen LogP contribution is -2.42. The van der Waals surface area contributed by atoms with Crippen molar-refractivity contribution >= 4 is 22.2 Å². The van der Waals surface area contributed by atoms with E-state index in [1.54, 1.807) is 0 Å².